The maximum Gasteiger partial charge on any atom is 0.252 e. The van der Waals surface area contributed by atoms with Crippen LogP contribution in [0.15, 0.2) is 22.7 Å². The molecule has 1 fully saturated rings. The van der Waals surface area contributed by atoms with Crippen LogP contribution in [0.1, 0.15) is 20.3 Å². The zero-order valence-electron chi connectivity index (χ0n) is 10.6. The topological polar surface area (TPSA) is 49.4 Å². The number of halogens is 2. The van der Waals surface area contributed by atoms with Crippen LogP contribution in [0.5, 0.6) is 0 Å². The number of anilines is 1. The Balaban J connectivity index is 2.19. The Morgan fingerprint density at radius 3 is 2.68 bits per heavy atom. The van der Waals surface area contributed by atoms with E-state index in [0.29, 0.717) is 10.2 Å². The van der Waals surface area contributed by atoms with E-state index >= 15 is 0 Å². The minimum Gasteiger partial charge on any atom is -0.372 e. The van der Waals surface area contributed by atoms with E-state index < -0.39 is 11.9 Å². The van der Waals surface area contributed by atoms with E-state index in [-0.39, 0.29) is 24.3 Å². The molecule has 0 aromatic heterocycles. The van der Waals surface area contributed by atoms with Crippen LogP contribution >= 0.6 is 15.9 Å². The summed E-state index contributed by atoms with van der Waals surface area (Å²) in [5.41, 5.74) is 0.469. The van der Waals surface area contributed by atoms with Gasteiger partial charge in [-0.1, -0.05) is 0 Å². The van der Waals surface area contributed by atoms with Gasteiger partial charge in [-0.2, -0.15) is 0 Å². The third kappa shape index (κ3) is 2.78. The van der Waals surface area contributed by atoms with Crippen molar-refractivity contribution in [3.8, 4) is 0 Å². The number of nitrogens with one attached hydrogen (secondary N) is 1. The Bertz CT molecular complexity index is 533. The molecule has 1 aromatic rings. The van der Waals surface area contributed by atoms with Crippen LogP contribution in [0.2, 0.25) is 0 Å². The Labute approximate surface area is 119 Å². The van der Waals surface area contributed by atoms with Gasteiger partial charge < -0.3 is 5.32 Å². The molecule has 1 aromatic carbocycles. The maximum absolute atomic E-state index is 13.2. The molecule has 19 heavy (non-hydrogen) atoms. The normalized spacial score (nSPS) is 19.4. The highest BCUT2D eigenvalue weighted by Gasteiger charge is 2.40. The largest absolute Gasteiger partial charge is 0.372 e. The number of rotatable bonds is 3. The van der Waals surface area contributed by atoms with Crippen molar-refractivity contribution in [3.63, 3.8) is 0 Å². The first kappa shape index (κ1) is 14.0. The summed E-state index contributed by atoms with van der Waals surface area (Å²) in [5, 5.41) is 2.92. The fraction of sp³-hybridized carbons (Fsp3) is 0.385. The average Bonchev–Trinajstić information content (AvgIpc) is 2.59. The molecular weight excluding hydrogens is 315 g/mol. The molecular formula is C13H14BrFN2O2. The summed E-state index contributed by atoms with van der Waals surface area (Å²) in [7, 11) is 0. The molecule has 1 unspecified atom stereocenters. The minimum absolute atomic E-state index is 0.0972. The molecule has 1 atom stereocenters. The number of benzene rings is 1. The molecule has 1 heterocycles. The van der Waals surface area contributed by atoms with Gasteiger partial charge in [0.1, 0.15) is 11.9 Å². The number of carbonyl (C=O) groups excluding carboxylic acids is 2. The molecule has 0 saturated carbocycles. The van der Waals surface area contributed by atoms with Crippen molar-refractivity contribution in [2.45, 2.75) is 32.4 Å². The van der Waals surface area contributed by atoms with Crippen LogP contribution in [-0.4, -0.2) is 28.8 Å². The predicted molar refractivity (Wildman–Crippen MR) is 73.1 cm³/mol. The summed E-state index contributed by atoms with van der Waals surface area (Å²) in [4.78, 5) is 25.1. The highest BCUT2D eigenvalue weighted by atomic mass is 79.9. The van der Waals surface area contributed by atoms with E-state index in [4.69, 9.17) is 0 Å². The smallest absolute Gasteiger partial charge is 0.252 e. The lowest BCUT2D eigenvalue weighted by Crippen LogP contribution is -2.39. The van der Waals surface area contributed by atoms with Gasteiger partial charge in [0.05, 0.1) is 12.1 Å². The molecule has 1 saturated heterocycles. The van der Waals surface area contributed by atoms with Crippen molar-refractivity contribution in [2.75, 3.05) is 5.32 Å². The van der Waals surface area contributed by atoms with Crippen molar-refractivity contribution in [3.05, 3.63) is 28.5 Å². The van der Waals surface area contributed by atoms with E-state index in [1.54, 1.807) is 19.9 Å². The van der Waals surface area contributed by atoms with Crippen LogP contribution in [0, 0.1) is 5.82 Å². The van der Waals surface area contributed by atoms with Crippen molar-refractivity contribution in [2.24, 2.45) is 0 Å². The molecule has 0 radical (unpaired) electrons. The van der Waals surface area contributed by atoms with Gasteiger partial charge in [0.2, 0.25) is 5.91 Å². The summed E-state index contributed by atoms with van der Waals surface area (Å²) in [5.74, 6) is -0.871. The number of imide groups is 1. The van der Waals surface area contributed by atoms with E-state index in [1.165, 1.54) is 17.0 Å². The Hall–Kier alpha value is -1.43. The SMILES string of the molecule is CC(C)N1C(=O)CC(Nc2cc(F)ccc2Br)C1=O. The van der Waals surface area contributed by atoms with Gasteiger partial charge in [0.15, 0.2) is 0 Å². The first-order valence-corrected chi connectivity index (χ1v) is 6.77. The number of hydrogen-bond donors (Lipinski definition) is 1. The summed E-state index contributed by atoms with van der Waals surface area (Å²) in [6.45, 7) is 3.58. The number of hydrogen-bond acceptors (Lipinski definition) is 3. The van der Waals surface area contributed by atoms with E-state index in [2.05, 4.69) is 21.2 Å². The molecule has 4 nitrogen and oxygen atoms in total. The molecule has 102 valence electrons. The van der Waals surface area contributed by atoms with E-state index in [9.17, 15) is 14.0 Å². The first-order chi connectivity index (χ1) is 8.90. The van der Waals surface area contributed by atoms with Crippen LogP contribution in [-0.2, 0) is 9.59 Å². The molecule has 1 aliphatic heterocycles. The van der Waals surface area contributed by atoms with Gasteiger partial charge in [-0.05, 0) is 48.0 Å². The van der Waals surface area contributed by atoms with Crippen molar-refractivity contribution in [1.82, 2.24) is 4.90 Å². The second-order valence-corrected chi connectivity index (χ2v) is 5.58. The zero-order chi connectivity index (χ0) is 14.2. The lowest BCUT2D eigenvalue weighted by Gasteiger charge is -2.19. The monoisotopic (exact) mass is 328 g/mol. The highest BCUT2D eigenvalue weighted by Crippen LogP contribution is 2.26. The fourth-order valence-electron chi connectivity index (χ4n) is 2.10. The quantitative estimate of drug-likeness (QED) is 0.867. The second-order valence-electron chi connectivity index (χ2n) is 4.72. The van der Waals surface area contributed by atoms with Gasteiger partial charge in [-0.3, -0.25) is 14.5 Å². The molecule has 1 aliphatic rings. The number of carbonyl (C=O) groups is 2. The molecule has 0 bridgehead atoms. The third-order valence-electron chi connectivity index (χ3n) is 2.96. The molecule has 0 spiro atoms. The Morgan fingerprint density at radius 1 is 1.42 bits per heavy atom. The fourth-order valence-corrected chi connectivity index (χ4v) is 2.46. The molecule has 1 N–H and O–H groups in total. The van der Waals surface area contributed by atoms with E-state index in [0.717, 1.165) is 0 Å². The number of nitrogens with zero attached hydrogens (tertiary/aromatic N) is 1. The highest BCUT2D eigenvalue weighted by molar-refractivity contribution is 9.10. The molecule has 2 amide bonds. The van der Waals surface area contributed by atoms with Gasteiger partial charge in [-0.25, -0.2) is 4.39 Å². The summed E-state index contributed by atoms with van der Waals surface area (Å²) in [6, 6.07) is 3.37. The standard InChI is InChI=1S/C13H14BrFN2O2/c1-7(2)17-12(18)6-11(13(17)19)16-10-5-8(15)3-4-9(10)14/h3-5,7,11,16H,6H2,1-2H3. The Kier molecular flexibility index (Phi) is 3.89. The average molecular weight is 329 g/mol. The predicted octanol–water partition coefficient (Wildman–Crippen LogP) is 2.54. The minimum atomic E-state index is -0.631. The second kappa shape index (κ2) is 5.28. The molecule has 0 aliphatic carbocycles. The van der Waals surface area contributed by atoms with Gasteiger partial charge in [0.25, 0.3) is 5.91 Å². The van der Waals surface area contributed by atoms with Crippen LogP contribution in [0.25, 0.3) is 0 Å². The number of likely N-dealkylation sites (tertiary alicyclic amines) is 1. The lowest BCUT2D eigenvalue weighted by atomic mass is 10.2. The van der Waals surface area contributed by atoms with Gasteiger partial charge >= 0.3 is 0 Å². The van der Waals surface area contributed by atoms with Crippen molar-refractivity contribution < 1.29 is 14.0 Å². The molecule has 6 heteroatoms. The van der Waals surface area contributed by atoms with Crippen molar-refractivity contribution >= 4 is 33.4 Å². The van der Waals surface area contributed by atoms with Crippen LogP contribution in [0.4, 0.5) is 10.1 Å². The van der Waals surface area contributed by atoms with Crippen LogP contribution in [0.3, 0.4) is 0 Å². The van der Waals surface area contributed by atoms with Crippen molar-refractivity contribution in [1.29, 1.82) is 0 Å². The lowest BCUT2D eigenvalue weighted by molar-refractivity contribution is -0.140. The maximum atomic E-state index is 13.2. The Morgan fingerprint density at radius 2 is 2.11 bits per heavy atom. The van der Waals surface area contributed by atoms with Gasteiger partial charge in [0, 0.05) is 10.5 Å². The first-order valence-electron chi connectivity index (χ1n) is 5.97. The zero-order valence-corrected chi connectivity index (χ0v) is 12.2. The summed E-state index contributed by atoms with van der Waals surface area (Å²) in [6.07, 6.45) is 0.0972. The van der Waals surface area contributed by atoms with Crippen LogP contribution < -0.4 is 5.32 Å². The third-order valence-corrected chi connectivity index (χ3v) is 3.65. The van der Waals surface area contributed by atoms with Gasteiger partial charge in [-0.15, -0.1) is 0 Å². The summed E-state index contributed by atoms with van der Waals surface area (Å²) < 4.78 is 13.8. The number of amides is 2. The summed E-state index contributed by atoms with van der Waals surface area (Å²) >= 11 is 3.28. The molecule has 2 rings (SSSR count). The van der Waals surface area contributed by atoms with E-state index in [1.807, 2.05) is 0 Å².